The summed E-state index contributed by atoms with van der Waals surface area (Å²) < 4.78 is 0. The van der Waals surface area contributed by atoms with Crippen LogP contribution in [-0.2, 0) is 36.5 Å². The van der Waals surface area contributed by atoms with Gasteiger partial charge in [0.2, 0.25) is 0 Å². The topological polar surface area (TPSA) is 0 Å². The first-order valence-corrected chi connectivity index (χ1v) is 0. The maximum atomic E-state index is 0. The van der Waals surface area contributed by atoms with Gasteiger partial charge in [0.1, 0.15) is 0 Å². The van der Waals surface area contributed by atoms with Gasteiger partial charge in [-0.15, -0.1) is 0 Å². The Balaban J connectivity index is 0. The molecule has 0 rings (SSSR count). The number of hydrogen-bond acceptors (Lipinski definition) is 0. The van der Waals surface area contributed by atoms with E-state index < -0.39 is 0 Å². The summed E-state index contributed by atoms with van der Waals surface area (Å²) in [5.74, 6) is 0. The van der Waals surface area contributed by atoms with Crippen molar-refractivity contribution >= 4 is 86.3 Å². The van der Waals surface area contributed by atoms with Crippen LogP contribution in [0.5, 0.6) is 0 Å². The average Bonchev–Trinajstić information content (AvgIpc) is 0. The van der Waals surface area contributed by atoms with Gasteiger partial charge < -0.3 is 2.85 Å². The van der Waals surface area contributed by atoms with Crippen molar-refractivity contribution in [1.82, 2.24) is 0 Å². The van der Waals surface area contributed by atoms with E-state index in [9.17, 15) is 0 Å². The van der Waals surface area contributed by atoms with Crippen molar-refractivity contribution in [3.05, 3.63) is 0 Å². The summed E-state index contributed by atoms with van der Waals surface area (Å²) in [6.07, 6.45) is 0. The first-order valence-electron chi connectivity index (χ1n) is 0. The fraction of sp³-hybridized carbons (Fsp3) is 0. The molecule has 0 aromatic heterocycles. The molecule has 0 aromatic rings. The van der Waals surface area contributed by atoms with Crippen molar-refractivity contribution in [3.8, 4) is 0 Å². The Bertz CT molecular complexity index is 17.7. The second-order valence-corrected chi connectivity index (χ2v) is 0. The van der Waals surface area contributed by atoms with Crippen LogP contribution >= 0.6 is 13.5 Å². The Labute approximate surface area is 123 Å². The van der Waals surface area contributed by atoms with Gasteiger partial charge in [-0.1, -0.05) is 0 Å². The molecule has 0 bridgehead atoms. The van der Waals surface area contributed by atoms with Gasteiger partial charge in [0.05, 0.1) is 0 Å². The SMILES string of the molecule is S.[Ba+2].[Cu].[H-].[H-].[SnH2].[Zn]. The first kappa shape index (κ1) is 36.7. The third kappa shape index (κ3) is 18.1. The molecular formula is H6BaCuSSnZn. The molecule has 5 heteroatoms. The number of hydrogen-bond donors (Lipinski definition) is 0. The number of rotatable bonds is 0. The maximum Gasteiger partial charge on any atom is 0 e. The quantitative estimate of drug-likeness (QED) is 0.441. The van der Waals surface area contributed by atoms with Gasteiger partial charge in [-0.3, -0.25) is 0 Å². The summed E-state index contributed by atoms with van der Waals surface area (Å²) in [7, 11) is 0. The normalized spacial score (nSPS) is 0. The zero-order valence-corrected chi connectivity index (χ0v) is 16.3. The maximum absolute atomic E-state index is 0. The molecule has 0 saturated heterocycles. The van der Waals surface area contributed by atoms with Crippen molar-refractivity contribution < 1.29 is 39.4 Å². The molecule has 0 fully saturated rings. The van der Waals surface area contributed by atoms with Crippen LogP contribution in [0.2, 0.25) is 0 Å². The summed E-state index contributed by atoms with van der Waals surface area (Å²) in [5.41, 5.74) is 0. The summed E-state index contributed by atoms with van der Waals surface area (Å²) in [5, 5.41) is 0. The molecule has 0 heterocycles. The standard InChI is InChI=1S/Ba.Cu.H2S.Sn.Zn.4H/h;;1H2;;;;;;/q+2;;;;;;;2*-1. The van der Waals surface area contributed by atoms with Gasteiger partial charge in [-0.05, 0) is 0 Å². The van der Waals surface area contributed by atoms with E-state index in [1.807, 2.05) is 0 Å². The predicted molar refractivity (Wildman–Crippen MR) is 26.9 cm³/mol. The molecule has 0 aliphatic carbocycles. The molecular weight excluding hydrogens is 417 g/mol. The molecule has 0 aliphatic heterocycles. The minimum absolute atomic E-state index is 0. The Kier molecular flexibility index (Phi) is 182. The third-order valence-corrected chi connectivity index (χ3v) is 0. The van der Waals surface area contributed by atoms with Crippen LogP contribution in [-0.4, -0.2) is 72.8 Å². The molecule has 31 valence electrons. The van der Waals surface area contributed by atoms with Crippen molar-refractivity contribution in [2.24, 2.45) is 0 Å². The van der Waals surface area contributed by atoms with Crippen molar-refractivity contribution in [2.45, 2.75) is 0 Å². The fourth-order valence-corrected chi connectivity index (χ4v) is 0. The van der Waals surface area contributed by atoms with Crippen LogP contribution in [0.4, 0.5) is 0 Å². The molecule has 0 amide bonds. The van der Waals surface area contributed by atoms with Crippen LogP contribution < -0.4 is 0 Å². The second kappa shape index (κ2) is 24.8. The predicted octanol–water partition coefficient (Wildman–Crippen LogP) is -0.964. The van der Waals surface area contributed by atoms with Crippen LogP contribution in [0, 0.1) is 0 Å². The molecule has 3 radical (unpaired) electrons. The molecule has 5 heavy (non-hydrogen) atoms. The van der Waals surface area contributed by atoms with Crippen molar-refractivity contribution in [2.75, 3.05) is 0 Å². The van der Waals surface area contributed by atoms with E-state index in [0.717, 1.165) is 0 Å². The minimum Gasteiger partial charge on any atom is 0 e. The van der Waals surface area contributed by atoms with Gasteiger partial charge in [0, 0.05) is 36.5 Å². The Morgan fingerprint density at radius 1 is 1.20 bits per heavy atom. The van der Waals surface area contributed by atoms with E-state index in [1.165, 1.54) is 0 Å². The molecule has 0 unspecified atom stereocenters. The van der Waals surface area contributed by atoms with Gasteiger partial charge in [0.15, 0.2) is 0 Å². The largest absolute Gasteiger partial charge is 0 e. The zero-order chi connectivity index (χ0) is 0. The molecule has 0 atom stereocenters. The van der Waals surface area contributed by atoms with E-state index in [2.05, 4.69) is 0 Å². The summed E-state index contributed by atoms with van der Waals surface area (Å²) >= 11 is 0. The Morgan fingerprint density at radius 2 is 1.20 bits per heavy atom. The van der Waals surface area contributed by atoms with Gasteiger partial charge in [0.25, 0.3) is 0 Å². The van der Waals surface area contributed by atoms with E-state index in [4.69, 9.17) is 0 Å². The molecule has 0 spiro atoms. The molecule has 0 nitrogen and oxygen atoms in total. The smallest absolute Gasteiger partial charge is 0 e. The van der Waals surface area contributed by atoms with Crippen LogP contribution in [0.3, 0.4) is 0 Å². The van der Waals surface area contributed by atoms with Gasteiger partial charge in [-0.2, -0.15) is 13.5 Å². The fourth-order valence-electron chi connectivity index (χ4n) is 0. The van der Waals surface area contributed by atoms with Crippen molar-refractivity contribution in [1.29, 1.82) is 0 Å². The molecule has 0 saturated carbocycles. The van der Waals surface area contributed by atoms with Crippen molar-refractivity contribution in [3.63, 3.8) is 0 Å². The first-order chi connectivity index (χ1) is 0. The Morgan fingerprint density at radius 3 is 1.20 bits per heavy atom. The monoisotopic (exact) mass is 423 g/mol. The van der Waals surface area contributed by atoms with E-state index >= 15 is 0 Å². The van der Waals surface area contributed by atoms with E-state index in [1.54, 1.807) is 0 Å². The molecule has 0 N–H and O–H groups in total. The van der Waals surface area contributed by atoms with Crippen LogP contribution in [0.1, 0.15) is 2.85 Å². The molecule has 0 aliphatic rings. The minimum atomic E-state index is 0. The summed E-state index contributed by atoms with van der Waals surface area (Å²) in [4.78, 5) is 0. The second-order valence-electron chi connectivity index (χ2n) is 0. The zero-order valence-electron chi connectivity index (χ0n) is 4.92. The van der Waals surface area contributed by atoms with Crippen LogP contribution in [0.15, 0.2) is 0 Å². The third-order valence-electron chi connectivity index (χ3n) is 0. The average molecular weight is 423 g/mol. The Hall–Kier alpha value is 3.86. The van der Waals surface area contributed by atoms with E-state index in [-0.39, 0.29) is 126 Å². The summed E-state index contributed by atoms with van der Waals surface area (Å²) in [6.45, 7) is 0. The van der Waals surface area contributed by atoms with E-state index in [0.29, 0.717) is 0 Å². The van der Waals surface area contributed by atoms with Gasteiger partial charge >= 0.3 is 72.8 Å². The van der Waals surface area contributed by atoms with Crippen LogP contribution in [0.25, 0.3) is 0 Å². The molecule has 0 aromatic carbocycles. The van der Waals surface area contributed by atoms with Gasteiger partial charge in [-0.25, -0.2) is 0 Å². The summed E-state index contributed by atoms with van der Waals surface area (Å²) in [6, 6.07) is 0.